The van der Waals surface area contributed by atoms with Crippen molar-refractivity contribution < 1.29 is 58.0 Å². The van der Waals surface area contributed by atoms with Gasteiger partial charge in [-0.05, 0) is 94.1 Å². The largest absolute Gasteiger partial charge is 0.480 e. The van der Waals surface area contributed by atoms with Crippen LogP contribution in [0, 0.1) is 29.1 Å². The van der Waals surface area contributed by atoms with Crippen LogP contribution in [0.15, 0.2) is 42.5 Å². The smallest absolute Gasteiger partial charge is 0.410 e. The molecule has 13 atom stereocenters. The molecule has 1 heterocycles. The predicted octanol–water partition coefficient (Wildman–Crippen LogP) is 5.58. The number of nitrogens with one attached hydrogen (secondary N) is 3. The van der Waals surface area contributed by atoms with Gasteiger partial charge in [-0.25, -0.2) is 4.79 Å². The van der Waals surface area contributed by atoms with Crippen LogP contribution >= 0.6 is 0 Å². The fourth-order valence-electron chi connectivity index (χ4n) is 10.6. The highest BCUT2D eigenvalue weighted by molar-refractivity contribution is 5.92. The molecule has 1 aliphatic heterocycles. The molecule has 19 heteroatoms. The number of hydrogen-bond acceptors (Lipinski definition) is 12. The van der Waals surface area contributed by atoms with Gasteiger partial charge in [-0.3, -0.25) is 33.7 Å². The number of amides is 6. The number of hydrogen-bond donors (Lipinski definition) is 6. The number of nitrogens with zero attached hydrogens (tertiary/aromatic N) is 3. The van der Waals surface area contributed by atoms with E-state index >= 15 is 0 Å². The summed E-state index contributed by atoms with van der Waals surface area (Å²) in [5.74, 6) is -4.19. The molecule has 0 aromatic heterocycles. The van der Waals surface area contributed by atoms with E-state index in [0.29, 0.717) is 82.9 Å². The van der Waals surface area contributed by atoms with Crippen LogP contribution in [0.5, 0.6) is 0 Å². The van der Waals surface area contributed by atoms with Crippen molar-refractivity contribution in [3.05, 3.63) is 48.0 Å². The Labute approximate surface area is 446 Å². The van der Waals surface area contributed by atoms with Crippen molar-refractivity contribution in [2.24, 2.45) is 34.8 Å². The first-order valence-electron chi connectivity index (χ1n) is 27.2. The maximum atomic E-state index is 14.7. The SMILES string of the molecule is CC[C@H](C)[C@@H]([C@@H](CC(=O)N1CCC[C@H]1[C@H](OC)[C@@H](C)C(=O)N[C@H](C)[C@@H](O)c1ccccc1)OC)N(C)C(=O)[C@@H](NC(=O)[C@H](C(C)C)N(C)C(=O)O[C@H]1/C=C/CC[C@@](C)(C(=O)NCCCC[C@H](N)C(=O)O)CC1)C(C)C. The summed E-state index contributed by atoms with van der Waals surface area (Å²) in [7, 11) is 6.20. The van der Waals surface area contributed by atoms with Gasteiger partial charge in [0.25, 0.3) is 0 Å². The monoisotopic (exact) mass is 1060 g/mol. The number of carbonyl (C=O) groups excluding carboxylic acids is 6. The van der Waals surface area contributed by atoms with Gasteiger partial charge in [0.1, 0.15) is 24.2 Å². The topological polar surface area (TPSA) is 259 Å². The second kappa shape index (κ2) is 30.6. The number of allylic oxidation sites excluding steroid dienone is 1. The van der Waals surface area contributed by atoms with Crippen LogP contribution in [0.3, 0.4) is 0 Å². The molecule has 424 valence electrons. The Balaban J connectivity index is 1.71. The Morgan fingerprint density at radius 2 is 1.55 bits per heavy atom. The van der Waals surface area contributed by atoms with Gasteiger partial charge in [0.05, 0.1) is 48.8 Å². The van der Waals surface area contributed by atoms with Crippen LogP contribution in [0.4, 0.5) is 4.79 Å². The van der Waals surface area contributed by atoms with Crippen molar-refractivity contribution in [2.75, 3.05) is 41.4 Å². The standard InChI is InChI=1S/C56H93N7O12/c1-14-36(6)47(43(73-12)33-44(64)63-32-22-27-42(63)49(74-13)37(7)50(66)59-38(8)48(65)39-23-16-15-17-24-39)61(10)52(68)45(34(2)3)60-51(67)46(35(4)5)62(11)55(72)75-40-25-18-20-29-56(9,30-28-40)54(71)58-31-21-19-26-41(57)53(69)70/h15-18,23-25,34-38,40-43,45-49,65H,14,19-22,26-33,57H2,1-13H3,(H,58,71)(H,59,66)(H,60,67)(H,69,70)/b25-18+/t36-,37+,38+,40-,41-,42-,43+,45-,46-,47-,48+,49+,56+/m0/s1. The van der Waals surface area contributed by atoms with Crippen LogP contribution in [0.2, 0.25) is 0 Å². The number of carboxylic acids is 1. The summed E-state index contributed by atoms with van der Waals surface area (Å²) in [4.78, 5) is 100. The molecule has 0 radical (unpaired) electrons. The number of benzene rings is 1. The van der Waals surface area contributed by atoms with Crippen LogP contribution in [0.1, 0.15) is 145 Å². The summed E-state index contributed by atoms with van der Waals surface area (Å²) < 4.78 is 18.0. The predicted molar refractivity (Wildman–Crippen MR) is 287 cm³/mol. The molecule has 0 spiro atoms. The average Bonchev–Trinajstić information content (AvgIpc) is 3.86. The Morgan fingerprint density at radius 3 is 2.13 bits per heavy atom. The number of carboxylic acid groups (broad SMARTS) is 1. The van der Waals surface area contributed by atoms with Gasteiger partial charge >= 0.3 is 12.1 Å². The molecular formula is C56H93N7O12. The molecule has 6 amide bonds. The molecule has 3 rings (SSSR count). The molecule has 7 N–H and O–H groups in total. The first kappa shape index (κ1) is 64.2. The van der Waals surface area contributed by atoms with Crippen molar-refractivity contribution >= 4 is 41.6 Å². The second-order valence-electron chi connectivity index (χ2n) is 22.0. The molecule has 1 aliphatic carbocycles. The number of likely N-dealkylation sites (tertiary alicyclic amines) is 1. The van der Waals surface area contributed by atoms with Crippen molar-refractivity contribution in [3.8, 4) is 0 Å². The minimum Gasteiger partial charge on any atom is -0.480 e. The summed E-state index contributed by atoms with van der Waals surface area (Å²) in [6, 6.07) is 4.55. The van der Waals surface area contributed by atoms with Gasteiger partial charge in [0.2, 0.25) is 29.5 Å². The lowest BCUT2D eigenvalue weighted by Gasteiger charge is -2.41. The lowest BCUT2D eigenvalue weighted by Crippen LogP contribution is -2.60. The number of nitrogens with two attached hydrogens (primary N) is 1. The number of carbonyl (C=O) groups is 7. The highest BCUT2D eigenvalue weighted by Crippen LogP contribution is 2.34. The Hall–Kier alpha value is -5.11. The number of aliphatic hydroxyl groups excluding tert-OH is 1. The summed E-state index contributed by atoms with van der Waals surface area (Å²) in [5.41, 5.74) is 5.54. The number of methoxy groups -OCH3 is 2. The lowest BCUT2D eigenvalue weighted by molar-refractivity contribution is -0.148. The molecule has 0 saturated carbocycles. The number of unbranched alkanes of at least 4 members (excludes halogenated alkanes) is 1. The summed E-state index contributed by atoms with van der Waals surface area (Å²) in [5, 5.41) is 28.8. The van der Waals surface area contributed by atoms with Gasteiger partial charge < -0.3 is 55.9 Å². The van der Waals surface area contributed by atoms with Gasteiger partial charge in [-0.1, -0.05) is 98.2 Å². The number of aliphatic hydroxyl groups is 1. The van der Waals surface area contributed by atoms with E-state index < -0.39 is 90.0 Å². The Kier molecular flexibility index (Phi) is 26.2. The Morgan fingerprint density at radius 1 is 0.880 bits per heavy atom. The number of aliphatic carboxylic acids is 1. The number of likely N-dealkylation sites (N-methyl/N-ethyl adjacent to an activating group) is 2. The minimum absolute atomic E-state index is 0.0614. The second-order valence-corrected chi connectivity index (χ2v) is 22.0. The van der Waals surface area contributed by atoms with Gasteiger partial charge in [-0.2, -0.15) is 0 Å². The van der Waals surface area contributed by atoms with Gasteiger partial charge in [0, 0.05) is 46.8 Å². The zero-order valence-electron chi connectivity index (χ0n) is 47.2. The molecule has 1 fully saturated rings. The first-order chi connectivity index (χ1) is 35.3. The normalized spacial score (nSPS) is 22.4. The third kappa shape index (κ3) is 18.0. The van der Waals surface area contributed by atoms with E-state index in [1.165, 1.54) is 26.2 Å². The van der Waals surface area contributed by atoms with E-state index in [0.717, 1.165) is 0 Å². The summed E-state index contributed by atoms with van der Waals surface area (Å²) >= 11 is 0. The van der Waals surface area contributed by atoms with E-state index in [4.69, 9.17) is 25.1 Å². The van der Waals surface area contributed by atoms with Crippen molar-refractivity contribution in [1.82, 2.24) is 30.7 Å². The molecule has 1 aromatic rings. The fraction of sp³-hybridized carbons (Fsp3) is 0.732. The lowest BCUT2D eigenvalue weighted by atomic mass is 9.78. The van der Waals surface area contributed by atoms with E-state index in [1.54, 1.807) is 62.8 Å². The zero-order chi connectivity index (χ0) is 56.3. The molecule has 0 bridgehead atoms. The van der Waals surface area contributed by atoms with E-state index in [9.17, 15) is 38.7 Å². The summed E-state index contributed by atoms with van der Waals surface area (Å²) in [6.45, 7) is 17.5. The van der Waals surface area contributed by atoms with Crippen molar-refractivity contribution in [3.63, 3.8) is 0 Å². The molecule has 1 saturated heterocycles. The number of ether oxygens (including phenoxy) is 3. The van der Waals surface area contributed by atoms with E-state index in [1.807, 2.05) is 58.9 Å². The molecular weight excluding hydrogens is 963 g/mol. The van der Waals surface area contributed by atoms with Crippen LogP contribution in [-0.4, -0.2) is 162 Å². The molecule has 2 aliphatic rings. The van der Waals surface area contributed by atoms with Crippen molar-refractivity contribution in [1.29, 1.82) is 0 Å². The van der Waals surface area contributed by atoms with Crippen LogP contribution in [-0.2, 0) is 43.0 Å². The van der Waals surface area contributed by atoms with E-state index in [2.05, 4.69) is 16.0 Å². The minimum atomic E-state index is -1.05. The fourth-order valence-corrected chi connectivity index (χ4v) is 10.6. The highest BCUT2D eigenvalue weighted by atomic mass is 16.6. The van der Waals surface area contributed by atoms with Gasteiger partial charge in [-0.15, -0.1) is 0 Å². The molecule has 75 heavy (non-hydrogen) atoms. The average molecular weight is 1060 g/mol. The maximum Gasteiger partial charge on any atom is 0.410 e. The first-order valence-corrected chi connectivity index (χ1v) is 27.2. The van der Waals surface area contributed by atoms with Crippen LogP contribution < -0.4 is 21.7 Å². The molecule has 19 nitrogen and oxygen atoms in total. The Bertz CT molecular complexity index is 2040. The molecule has 1 aromatic carbocycles. The van der Waals surface area contributed by atoms with Crippen LogP contribution in [0.25, 0.3) is 0 Å². The third-order valence-corrected chi connectivity index (χ3v) is 15.6. The highest BCUT2D eigenvalue weighted by Gasteiger charge is 2.44. The number of rotatable bonds is 28. The quantitative estimate of drug-likeness (QED) is 0.0443. The summed E-state index contributed by atoms with van der Waals surface area (Å²) in [6.07, 6.45) is 5.31. The zero-order valence-corrected chi connectivity index (χ0v) is 47.2. The molecule has 0 unspecified atom stereocenters. The van der Waals surface area contributed by atoms with E-state index in [-0.39, 0.29) is 47.8 Å². The van der Waals surface area contributed by atoms with Crippen molar-refractivity contribution in [2.45, 2.75) is 194 Å². The maximum absolute atomic E-state index is 14.7. The third-order valence-electron chi connectivity index (χ3n) is 15.6. The van der Waals surface area contributed by atoms with Gasteiger partial charge in [0.15, 0.2) is 0 Å².